The van der Waals surface area contributed by atoms with Crippen molar-refractivity contribution in [3.8, 4) is 11.5 Å². The van der Waals surface area contributed by atoms with Gasteiger partial charge in [-0.05, 0) is 30.2 Å². The molecule has 1 fully saturated rings. The summed E-state index contributed by atoms with van der Waals surface area (Å²) < 4.78 is 22.8. The molecule has 0 bridgehead atoms. The van der Waals surface area contributed by atoms with Gasteiger partial charge in [0.15, 0.2) is 17.3 Å². The molecule has 1 saturated heterocycles. The summed E-state index contributed by atoms with van der Waals surface area (Å²) in [7, 11) is 4.84. The summed E-state index contributed by atoms with van der Waals surface area (Å²) in [6.07, 6.45) is 5.38. The number of hydrogen-bond acceptors (Lipinski definition) is 5. The van der Waals surface area contributed by atoms with Gasteiger partial charge in [-0.15, -0.1) is 6.58 Å². The molecule has 26 heavy (non-hydrogen) atoms. The molecule has 138 valence electrons. The highest BCUT2D eigenvalue weighted by Crippen LogP contribution is 2.52. The second-order valence-electron chi connectivity index (χ2n) is 6.47. The summed E-state index contributed by atoms with van der Waals surface area (Å²) in [6.45, 7) is 5.79. The fourth-order valence-electron chi connectivity index (χ4n) is 3.72. The Bertz CT molecular complexity index is 792. The molecule has 2 aliphatic rings. The zero-order valence-electron chi connectivity index (χ0n) is 15.6. The van der Waals surface area contributed by atoms with E-state index in [1.165, 1.54) is 0 Å². The van der Waals surface area contributed by atoms with Gasteiger partial charge >= 0.3 is 0 Å². The topological polar surface area (TPSA) is 54.0 Å². The van der Waals surface area contributed by atoms with Crippen molar-refractivity contribution in [1.29, 1.82) is 0 Å². The summed E-state index contributed by atoms with van der Waals surface area (Å²) in [6, 6.07) is 5.70. The molecule has 1 heterocycles. The summed E-state index contributed by atoms with van der Waals surface area (Å²) in [4.78, 5) is 12.4. The molecule has 0 N–H and O–H groups in total. The minimum Gasteiger partial charge on any atom is -0.493 e. The van der Waals surface area contributed by atoms with Crippen molar-refractivity contribution >= 4 is 5.78 Å². The van der Waals surface area contributed by atoms with Gasteiger partial charge in [-0.1, -0.05) is 19.1 Å². The van der Waals surface area contributed by atoms with E-state index in [9.17, 15) is 4.79 Å². The van der Waals surface area contributed by atoms with E-state index in [1.807, 2.05) is 24.3 Å². The maximum Gasteiger partial charge on any atom is 0.185 e. The number of hydrogen-bond donors (Lipinski definition) is 0. The quantitative estimate of drug-likeness (QED) is 0.727. The van der Waals surface area contributed by atoms with E-state index in [0.717, 1.165) is 5.56 Å². The monoisotopic (exact) mass is 356 g/mol. The standard InChI is InChI=1S/C21H24O5/c1-6-7-15-12-21(25-5)13(2)20(26-19(21)11-16(15)22)14-8-9-17(23-3)18(10-14)24-4/h6,8-13,20H,1,7H2,2-5H3/t13-,20+,21-/m0/s1. The van der Waals surface area contributed by atoms with E-state index in [-0.39, 0.29) is 17.8 Å². The van der Waals surface area contributed by atoms with Crippen LogP contribution in [0.15, 0.2) is 54.3 Å². The molecule has 1 aromatic rings. The van der Waals surface area contributed by atoms with E-state index in [1.54, 1.807) is 33.5 Å². The molecule has 3 atom stereocenters. The maximum absolute atomic E-state index is 12.4. The molecule has 0 aromatic heterocycles. The number of rotatable bonds is 6. The van der Waals surface area contributed by atoms with E-state index in [0.29, 0.717) is 29.3 Å². The summed E-state index contributed by atoms with van der Waals surface area (Å²) in [5, 5.41) is 0. The number of ketones is 1. The lowest BCUT2D eigenvalue weighted by Gasteiger charge is -2.31. The first-order chi connectivity index (χ1) is 12.5. The lowest BCUT2D eigenvalue weighted by Crippen LogP contribution is -2.38. The van der Waals surface area contributed by atoms with Crippen molar-refractivity contribution in [2.75, 3.05) is 21.3 Å². The van der Waals surface area contributed by atoms with Crippen LogP contribution in [0.4, 0.5) is 0 Å². The number of ether oxygens (including phenoxy) is 4. The van der Waals surface area contributed by atoms with Crippen molar-refractivity contribution in [2.24, 2.45) is 5.92 Å². The average Bonchev–Trinajstić information content (AvgIpc) is 2.94. The largest absolute Gasteiger partial charge is 0.493 e. The van der Waals surface area contributed by atoms with Gasteiger partial charge in [0.05, 0.1) is 14.2 Å². The van der Waals surface area contributed by atoms with Gasteiger partial charge in [-0.2, -0.15) is 0 Å². The minimum absolute atomic E-state index is 0.0373. The third-order valence-electron chi connectivity index (χ3n) is 5.18. The van der Waals surface area contributed by atoms with Gasteiger partial charge < -0.3 is 18.9 Å². The van der Waals surface area contributed by atoms with Gasteiger partial charge in [-0.3, -0.25) is 4.79 Å². The highest BCUT2D eigenvalue weighted by molar-refractivity contribution is 6.06. The van der Waals surface area contributed by atoms with Crippen LogP contribution in [0.3, 0.4) is 0 Å². The summed E-state index contributed by atoms with van der Waals surface area (Å²) in [5.41, 5.74) is 0.853. The predicted octanol–water partition coefficient (Wildman–Crippen LogP) is 3.77. The second-order valence-corrected chi connectivity index (χ2v) is 6.47. The zero-order valence-corrected chi connectivity index (χ0v) is 15.6. The molecule has 1 aromatic carbocycles. The first-order valence-corrected chi connectivity index (χ1v) is 8.53. The summed E-state index contributed by atoms with van der Waals surface area (Å²) in [5.74, 6) is 1.74. The number of benzene rings is 1. The molecular weight excluding hydrogens is 332 g/mol. The van der Waals surface area contributed by atoms with E-state index in [2.05, 4.69) is 13.5 Å². The molecule has 1 aliphatic carbocycles. The SMILES string of the molecule is C=CCC1=C[C@@]2(OC)C(=CC1=O)O[C@@H](c1ccc(OC)c(OC)c1)[C@@H]2C. The first kappa shape index (κ1) is 18.3. The molecule has 0 radical (unpaired) electrons. The predicted molar refractivity (Wildman–Crippen MR) is 98.3 cm³/mol. The zero-order chi connectivity index (χ0) is 18.9. The van der Waals surface area contributed by atoms with Crippen molar-refractivity contribution in [2.45, 2.75) is 25.0 Å². The Labute approximate surface area is 153 Å². The van der Waals surface area contributed by atoms with E-state index < -0.39 is 5.60 Å². The molecular formula is C21H24O5. The van der Waals surface area contributed by atoms with Crippen molar-refractivity contribution < 1.29 is 23.7 Å². The van der Waals surface area contributed by atoms with Crippen LogP contribution in [-0.4, -0.2) is 32.7 Å². The van der Waals surface area contributed by atoms with Gasteiger partial charge in [0.1, 0.15) is 17.5 Å². The van der Waals surface area contributed by atoms with Crippen LogP contribution < -0.4 is 9.47 Å². The van der Waals surface area contributed by atoms with Gasteiger partial charge in [-0.25, -0.2) is 0 Å². The maximum atomic E-state index is 12.4. The Kier molecular flexibility index (Phi) is 4.92. The van der Waals surface area contributed by atoms with Gasteiger partial charge in [0.2, 0.25) is 0 Å². The number of carbonyl (C=O) groups is 1. The molecule has 5 heteroatoms. The van der Waals surface area contributed by atoms with Crippen LogP contribution in [0.2, 0.25) is 0 Å². The highest BCUT2D eigenvalue weighted by Gasteiger charge is 2.53. The fraction of sp³-hybridized carbons (Fsp3) is 0.381. The van der Waals surface area contributed by atoms with Crippen molar-refractivity contribution in [3.05, 3.63) is 59.9 Å². The van der Waals surface area contributed by atoms with Crippen LogP contribution in [0, 0.1) is 5.92 Å². The summed E-state index contributed by atoms with van der Waals surface area (Å²) >= 11 is 0. The molecule has 0 amide bonds. The smallest absolute Gasteiger partial charge is 0.185 e. The first-order valence-electron chi connectivity index (χ1n) is 8.53. The molecule has 0 saturated carbocycles. The Hall–Kier alpha value is -2.53. The molecule has 0 spiro atoms. The van der Waals surface area contributed by atoms with Gasteiger partial charge in [0, 0.05) is 24.7 Å². The number of methoxy groups -OCH3 is 3. The molecule has 5 nitrogen and oxygen atoms in total. The molecule has 0 unspecified atom stereocenters. The van der Waals surface area contributed by atoms with Crippen LogP contribution in [0.1, 0.15) is 25.0 Å². The van der Waals surface area contributed by atoms with E-state index >= 15 is 0 Å². The Morgan fingerprint density at radius 3 is 2.58 bits per heavy atom. The third kappa shape index (κ3) is 2.72. The lowest BCUT2D eigenvalue weighted by molar-refractivity contribution is -0.112. The van der Waals surface area contributed by atoms with Crippen LogP contribution >= 0.6 is 0 Å². The van der Waals surface area contributed by atoms with Crippen molar-refractivity contribution in [3.63, 3.8) is 0 Å². The van der Waals surface area contributed by atoms with Crippen LogP contribution in [0.25, 0.3) is 0 Å². The van der Waals surface area contributed by atoms with Crippen LogP contribution in [-0.2, 0) is 14.3 Å². The lowest BCUT2D eigenvalue weighted by atomic mass is 9.78. The number of fused-ring (bicyclic) bond motifs is 1. The Morgan fingerprint density at radius 2 is 1.96 bits per heavy atom. The number of allylic oxidation sites excluding steroid dienone is 3. The van der Waals surface area contributed by atoms with E-state index in [4.69, 9.17) is 18.9 Å². The molecule has 1 aliphatic heterocycles. The van der Waals surface area contributed by atoms with Crippen molar-refractivity contribution in [1.82, 2.24) is 0 Å². The van der Waals surface area contributed by atoms with Crippen LogP contribution in [0.5, 0.6) is 11.5 Å². The Morgan fingerprint density at radius 1 is 1.23 bits per heavy atom. The molecule has 3 rings (SSSR count). The van der Waals surface area contributed by atoms with Gasteiger partial charge in [0.25, 0.3) is 0 Å². The fourth-order valence-corrected chi connectivity index (χ4v) is 3.72. The Balaban J connectivity index is 2.03. The second kappa shape index (κ2) is 7.00. The minimum atomic E-state index is -0.760. The average molecular weight is 356 g/mol. The highest BCUT2D eigenvalue weighted by atomic mass is 16.6. The normalized spacial score (nSPS) is 27.2. The third-order valence-corrected chi connectivity index (χ3v) is 5.18. The number of carbonyl (C=O) groups excluding carboxylic acids is 1.